The maximum Gasteiger partial charge on any atom is 0.272 e. The summed E-state index contributed by atoms with van der Waals surface area (Å²) in [5.74, 6) is -0.520. The number of amides is 2. The number of aromatic amines is 1. The quantitative estimate of drug-likeness (QED) is 0.130. The molecule has 1 aromatic heterocycles. The Morgan fingerprint density at radius 1 is 0.600 bits per heavy atom. The van der Waals surface area contributed by atoms with Gasteiger partial charge in [0, 0.05) is 13.1 Å². The SMILES string of the molecule is CCCCCCCCCCCCNC(=O)c1nc[nH]c1C(=O)NCCCCCCCCCCCC. The van der Waals surface area contributed by atoms with E-state index < -0.39 is 0 Å². The molecule has 1 aromatic rings. The van der Waals surface area contributed by atoms with Gasteiger partial charge < -0.3 is 15.6 Å². The van der Waals surface area contributed by atoms with Gasteiger partial charge in [0.15, 0.2) is 5.69 Å². The predicted octanol–water partition coefficient (Wildman–Crippen LogP) is 7.71. The Labute approximate surface area is 215 Å². The molecule has 1 rings (SSSR count). The molecule has 0 aromatic carbocycles. The molecule has 0 spiro atoms. The van der Waals surface area contributed by atoms with Crippen LogP contribution in [-0.4, -0.2) is 34.9 Å². The molecule has 0 aliphatic heterocycles. The summed E-state index contributed by atoms with van der Waals surface area (Å²) in [5, 5.41) is 5.84. The number of hydrogen-bond donors (Lipinski definition) is 3. The van der Waals surface area contributed by atoms with E-state index in [-0.39, 0.29) is 23.2 Å². The Kier molecular flexibility index (Phi) is 20.1. The Morgan fingerprint density at radius 2 is 0.971 bits per heavy atom. The van der Waals surface area contributed by atoms with Gasteiger partial charge in [-0.2, -0.15) is 0 Å². The molecule has 0 radical (unpaired) electrons. The molecule has 1 heterocycles. The standard InChI is InChI=1S/C29H54N4O2/c1-3-5-7-9-11-13-15-17-19-21-23-30-28(34)26-27(33-25-32-26)29(35)31-24-22-20-18-16-14-12-10-8-6-4-2/h25H,3-24H2,1-2H3,(H,30,34)(H,31,35)(H,32,33). The highest BCUT2D eigenvalue weighted by molar-refractivity contribution is 6.04. The number of nitrogens with one attached hydrogen (secondary N) is 3. The van der Waals surface area contributed by atoms with Crippen LogP contribution in [-0.2, 0) is 0 Å². The van der Waals surface area contributed by atoms with Crippen molar-refractivity contribution in [2.75, 3.05) is 13.1 Å². The number of imidazole rings is 1. The first-order valence-electron chi connectivity index (χ1n) is 14.8. The van der Waals surface area contributed by atoms with Crippen LogP contribution in [0.25, 0.3) is 0 Å². The summed E-state index contributed by atoms with van der Waals surface area (Å²) in [4.78, 5) is 31.9. The number of nitrogens with zero attached hydrogens (tertiary/aromatic N) is 1. The van der Waals surface area contributed by atoms with Crippen LogP contribution in [0.15, 0.2) is 6.33 Å². The first-order valence-corrected chi connectivity index (χ1v) is 14.8. The number of H-pyrrole nitrogens is 1. The Morgan fingerprint density at radius 3 is 1.40 bits per heavy atom. The summed E-state index contributed by atoms with van der Waals surface area (Å²) in [6, 6.07) is 0. The molecule has 0 bridgehead atoms. The van der Waals surface area contributed by atoms with Crippen molar-refractivity contribution in [1.29, 1.82) is 0 Å². The molecule has 0 aliphatic rings. The third-order valence-corrected chi connectivity index (χ3v) is 6.71. The highest BCUT2D eigenvalue weighted by Crippen LogP contribution is 2.11. The summed E-state index contributed by atoms with van der Waals surface area (Å²) in [5.41, 5.74) is 0.454. The number of aromatic nitrogens is 2. The lowest BCUT2D eigenvalue weighted by molar-refractivity contribution is 0.0913. The summed E-state index contributed by atoms with van der Waals surface area (Å²) in [6.07, 6.45) is 26.7. The highest BCUT2D eigenvalue weighted by atomic mass is 16.2. The lowest BCUT2D eigenvalue weighted by atomic mass is 10.1. The van der Waals surface area contributed by atoms with Crippen molar-refractivity contribution >= 4 is 11.8 Å². The van der Waals surface area contributed by atoms with Gasteiger partial charge in [0.25, 0.3) is 11.8 Å². The molecule has 6 heteroatoms. The highest BCUT2D eigenvalue weighted by Gasteiger charge is 2.19. The molecule has 202 valence electrons. The number of carbonyl (C=O) groups excluding carboxylic acids is 2. The van der Waals surface area contributed by atoms with Crippen LogP contribution in [0.4, 0.5) is 0 Å². The van der Waals surface area contributed by atoms with E-state index in [4.69, 9.17) is 0 Å². The summed E-state index contributed by atoms with van der Waals surface area (Å²) < 4.78 is 0. The largest absolute Gasteiger partial charge is 0.351 e. The fraction of sp³-hybridized carbons (Fsp3) is 0.828. The maximum atomic E-state index is 12.5. The molecule has 0 atom stereocenters. The lowest BCUT2D eigenvalue weighted by Gasteiger charge is -2.07. The minimum atomic E-state index is -0.272. The normalized spacial score (nSPS) is 11.0. The third-order valence-electron chi connectivity index (χ3n) is 6.71. The van der Waals surface area contributed by atoms with Crippen molar-refractivity contribution in [2.45, 2.75) is 142 Å². The lowest BCUT2D eigenvalue weighted by Crippen LogP contribution is -2.30. The number of rotatable bonds is 24. The van der Waals surface area contributed by atoms with Gasteiger partial charge in [0.2, 0.25) is 0 Å². The predicted molar refractivity (Wildman–Crippen MR) is 147 cm³/mol. The Hall–Kier alpha value is -1.85. The molecular weight excluding hydrogens is 436 g/mol. The van der Waals surface area contributed by atoms with Crippen LogP contribution in [0, 0.1) is 0 Å². The first-order chi connectivity index (χ1) is 17.2. The maximum absolute atomic E-state index is 12.5. The van der Waals surface area contributed by atoms with E-state index in [1.807, 2.05) is 0 Å². The molecule has 35 heavy (non-hydrogen) atoms. The number of hydrogen-bond acceptors (Lipinski definition) is 3. The Bertz CT molecular complexity index is 592. The minimum Gasteiger partial charge on any atom is -0.351 e. The molecule has 0 saturated carbocycles. The number of unbranched alkanes of at least 4 members (excludes halogenated alkanes) is 18. The topological polar surface area (TPSA) is 86.9 Å². The minimum absolute atomic E-state index is 0.192. The monoisotopic (exact) mass is 490 g/mol. The van der Waals surface area contributed by atoms with Gasteiger partial charge in [0.1, 0.15) is 5.69 Å². The second kappa shape index (κ2) is 22.6. The fourth-order valence-corrected chi connectivity index (χ4v) is 4.44. The van der Waals surface area contributed by atoms with E-state index in [2.05, 4.69) is 34.4 Å². The van der Waals surface area contributed by atoms with Gasteiger partial charge >= 0.3 is 0 Å². The molecule has 0 unspecified atom stereocenters. The van der Waals surface area contributed by atoms with E-state index in [0.29, 0.717) is 13.1 Å². The summed E-state index contributed by atoms with van der Waals surface area (Å²) in [7, 11) is 0. The van der Waals surface area contributed by atoms with Crippen LogP contribution in [0.2, 0.25) is 0 Å². The fourth-order valence-electron chi connectivity index (χ4n) is 4.44. The zero-order valence-corrected chi connectivity index (χ0v) is 22.9. The van der Waals surface area contributed by atoms with Gasteiger partial charge in [-0.1, -0.05) is 129 Å². The molecule has 3 N–H and O–H groups in total. The molecular formula is C29H54N4O2. The first kappa shape index (κ1) is 31.2. The zero-order valence-electron chi connectivity index (χ0n) is 22.9. The second-order valence-electron chi connectivity index (χ2n) is 10.0. The van der Waals surface area contributed by atoms with Crippen LogP contribution >= 0.6 is 0 Å². The summed E-state index contributed by atoms with van der Waals surface area (Å²) in [6.45, 7) is 5.76. The Balaban J connectivity index is 2.07. The van der Waals surface area contributed by atoms with Crippen molar-refractivity contribution in [3.63, 3.8) is 0 Å². The smallest absolute Gasteiger partial charge is 0.272 e. The van der Waals surface area contributed by atoms with Gasteiger partial charge in [-0.15, -0.1) is 0 Å². The third kappa shape index (κ3) is 16.4. The van der Waals surface area contributed by atoms with Crippen molar-refractivity contribution < 1.29 is 9.59 Å². The second-order valence-corrected chi connectivity index (χ2v) is 10.0. The van der Waals surface area contributed by atoms with Gasteiger partial charge in [0.05, 0.1) is 6.33 Å². The van der Waals surface area contributed by atoms with E-state index in [1.54, 1.807) is 0 Å². The van der Waals surface area contributed by atoms with Crippen LogP contribution in [0.5, 0.6) is 0 Å². The zero-order chi connectivity index (χ0) is 25.4. The summed E-state index contributed by atoms with van der Waals surface area (Å²) >= 11 is 0. The average molecular weight is 491 g/mol. The van der Waals surface area contributed by atoms with Gasteiger partial charge in [-0.3, -0.25) is 9.59 Å². The molecule has 2 amide bonds. The van der Waals surface area contributed by atoms with Gasteiger partial charge in [-0.05, 0) is 12.8 Å². The van der Waals surface area contributed by atoms with Crippen LogP contribution in [0.1, 0.15) is 163 Å². The molecule has 0 aliphatic carbocycles. The van der Waals surface area contributed by atoms with Crippen molar-refractivity contribution in [3.8, 4) is 0 Å². The van der Waals surface area contributed by atoms with E-state index in [0.717, 1.165) is 25.7 Å². The van der Waals surface area contributed by atoms with E-state index in [9.17, 15) is 9.59 Å². The average Bonchev–Trinajstić information content (AvgIpc) is 3.36. The molecule has 6 nitrogen and oxygen atoms in total. The van der Waals surface area contributed by atoms with Crippen LogP contribution in [0.3, 0.4) is 0 Å². The molecule has 0 fully saturated rings. The van der Waals surface area contributed by atoms with E-state index in [1.165, 1.54) is 109 Å². The van der Waals surface area contributed by atoms with E-state index >= 15 is 0 Å². The van der Waals surface area contributed by atoms with Crippen molar-refractivity contribution in [1.82, 2.24) is 20.6 Å². The van der Waals surface area contributed by atoms with Crippen molar-refractivity contribution in [2.24, 2.45) is 0 Å². The molecule has 0 saturated heterocycles. The van der Waals surface area contributed by atoms with Gasteiger partial charge in [-0.25, -0.2) is 4.98 Å². The van der Waals surface area contributed by atoms with Crippen molar-refractivity contribution in [3.05, 3.63) is 17.7 Å². The van der Waals surface area contributed by atoms with Crippen LogP contribution < -0.4 is 10.6 Å². The number of carbonyl (C=O) groups is 2.